The molecule has 1 fully saturated rings. The first-order valence-electron chi connectivity index (χ1n) is 6.92. The van der Waals surface area contributed by atoms with Crippen LogP contribution in [0.2, 0.25) is 0 Å². The summed E-state index contributed by atoms with van der Waals surface area (Å²) in [6, 6.07) is 7.91. The van der Waals surface area contributed by atoms with Crippen LogP contribution in [0, 0.1) is 5.41 Å². The van der Waals surface area contributed by atoms with Crippen LogP contribution in [-0.4, -0.2) is 28.9 Å². The molecule has 3 rings (SSSR count). The Labute approximate surface area is 113 Å². The Morgan fingerprint density at radius 1 is 1.21 bits per heavy atom. The highest BCUT2D eigenvalue weighted by Gasteiger charge is 2.28. The number of benzene rings is 1. The van der Waals surface area contributed by atoms with E-state index in [9.17, 15) is 4.79 Å². The van der Waals surface area contributed by atoms with Gasteiger partial charge in [0.05, 0.1) is 11.1 Å². The first kappa shape index (κ1) is 12.3. The topological polar surface area (TPSA) is 36.1 Å². The third kappa shape index (κ3) is 2.25. The number of amides is 1. The molecule has 100 valence electrons. The molecule has 0 aliphatic carbocycles. The third-order valence-corrected chi connectivity index (χ3v) is 4.22. The normalized spacial score (nSPS) is 18.7. The molecule has 1 aromatic heterocycles. The van der Waals surface area contributed by atoms with Crippen LogP contribution in [0.1, 0.15) is 37.0 Å². The third-order valence-electron chi connectivity index (χ3n) is 4.22. The van der Waals surface area contributed by atoms with Gasteiger partial charge in [-0.3, -0.25) is 4.79 Å². The second-order valence-corrected chi connectivity index (χ2v) is 6.20. The summed E-state index contributed by atoms with van der Waals surface area (Å²) in [6.07, 6.45) is 4.06. The standard InChI is InChI=1S/C16H20N2O/c1-16(2)7-10-18(11-8-16)15(19)13-5-3-4-12-6-9-17-14(12)13/h3-6,9,17H,7-8,10-11H2,1-2H3. The number of likely N-dealkylation sites (tertiary alicyclic amines) is 1. The molecule has 0 atom stereocenters. The molecule has 1 aliphatic rings. The average Bonchev–Trinajstić information content (AvgIpc) is 2.86. The minimum atomic E-state index is 0.156. The lowest BCUT2D eigenvalue weighted by Crippen LogP contribution is -2.41. The van der Waals surface area contributed by atoms with Gasteiger partial charge in [0.1, 0.15) is 0 Å². The van der Waals surface area contributed by atoms with Crippen LogP contribution in [0.5, 0.6) is 0 Å². The average molecular weight is 256 g/mol. The lowest BCUT2D eigenvalue weighted by molar-refractivity contribution is 0.0632. The molecule has 19 heavy (non-hydrogen) atoms. The van der Waals surface area contributed by atoms with Gasteiger partial charge in [0.25, 0.3) is 5.91 Å². The van der Waals surface area contributed by atoms with Crippen molar-refractivity contribution in [1.82, 2.24) is 9.88 Å². The number of hydrogen-bond donors (Lipinski definition) is 1. The number of nitrogens with zero attached hydrogens (tertiary/aromatic N) is 1. The monoisotopic (exact) mass is 256 g/mol. The van der Waals surface area contributed by atoms with Crippen molar-refractivity contribution in [3.63, 3.8) is 0 Å². The largest absolute Gasteiger partial charge is 0.361 e. The number of hydrogen-bond acceptors (Lipinski definition) is 1. The quantitative estimate of drug-likeness (QED) is 0.833. The Kier molecular flexibility index (Phi) is 2.85. The summed E-state index contributed by atoms with van der Waals surface area (Å²) >= 11 is 0. The molecule has 2 aromatic rings. The molecule has 0 radical (unpaired) electrons. The second kappa shape index (κ2) is 4.41. The van der Waals surface area contributed by atoms with Gasteiger partial charge < -0.3 is 9.88 Å². The molecule has 1 aliphatic heterocycles. The van der Waals surface area contributed by atoms with E-state index in [2.05, 4.69) is 18.8 Å². The van der Waals surface area contributed by atoms with Crippen molar-refractivity contribution in [3.05, 3.63) is 36.0 Å². The first-order chi connectivity index (χ1) is 9.07. The Morgan fingerprint density at radius 3 is 2.68 bits per heavy atom. The molecule has 0 bridgehead atoms. The molecule has 0 saturated carbocycles. The minimum Gasteiger partial charge on any atom is -0.361 e. The summed E-state index contributed by atoms with van der Waals surface area (Å²) in [7, 11) is 0. The zero-order chi connectivity index (χ0) is 13.5. The van der Waals surface area contributed by atoms with Crippen LogP contribution in [0.15, 0.2) is 30.5 Å². The van der Waals surface area contributed by atoms with E-state index in [1.54, 1.807) is 0 Å². The van der Waals surface area contributed by atoms with E-state index in [1.165, 1.54) is 0 Å². The lowest BCUT2D eigenvalue weighted by atomic mass is 9.82. The maximum atomic E-state index is 12.6. The molecule has 2 heterocycles. The van der Waals surface area contributed by atoms with Crippen molar-refractivity contribution in [2.24, 2.45) is 5.41 Å². The summed E-state index contributed by atoms with van der Waals surface area (Å²) in [6.45, 7) is 6.28. The maximum absolute atomic E-state index is 12.6. The molecule has 1 saturated heterocycles. The van der Waals surface area contributed by atoms with E-state index in [1.807, 2.05) is 35.4 Å². The Bertz CT molecular complexity index is 602. The fraction of sp³-hybridized carbons (Fsp3) is 0.438. The van der Waals surface area contributed by atoms with Gasteiger partial charge in [-0.1, -0.05) is 26.0 Å². The molecule has 3 nitrogen and oxygen atoms in total. The van der Waals surface area contributed by atoms with Gasteiger partial charge in [-0.2, -0.15) is 0 Å². The number of aromatic nitrogens is 1. The fourth-order valence-corrected chi connectivity index (χ4v) is 2.75. The number of para-hydroxylation sites is 1. The van der Waals surface area contributed by atoms with Crippen molar-refractivity contribution in [3.8, 4) is 0 Å². The van der Waals surface area contributed by atoms with E-state index < -0.39 is 0 Å². The van der Waals surface area contributed by atoms with Crippen molar-refractivity contribution < 1.29 is 4.79 Å². The number of rotatable bonds is 1. The number of H-pyrrole nitrogens is 1. The number of carbonyl (C=O) groups excluding carboxylic acids is 1. The Balaban J connectivity index is 1.87. The fourth-order valence-electron chi connectivity index (χ4n) is 2.75. The summed E-state index contributed by atoms with van der Waals surface area (Å²) < 4.78 is 0. The number of aromatic amines is 1. The summed E-state index contributed by atoms with van der Waals surface area (Å²) in [5.74, 6) is 0.156. The van der Waals surface area contributed by atoms with Gasteiger partial charge in [-0.15, -0.1) is 0 Å². The molecule has 0 unspecified atom stereocenters. The number of carbonyl (C=O) groups is 1. The van der Waals surface area contributed by atoms with Crippen molar-refractivity contribution >= 4 is 16.8 Å². The van der Waals surface area contributed by atoms with Gasteiger partial charge in [-0.05, 0) is 30.4 Å². The second-order valence-electron chi connectivity index (χ2n) is 6.20. The smallest absolute Gasteiger partial charge is 0.255 e. The van der Waals surface area contributed by atoms with E-state index in [0.29, 0.717) is 5.41 Å². The maximum Gasteiger partial charge on any atom is 0.255 e. The zero-order valence-electron chi connectivity index (χ0n) is 11.6. The summed E-state index contributed by atoms with van der Waals surface area (Å²) in [4.78, 5) is 17.8. The highest BCUT2D eigenvalue weighted by Crippen LogP contribution is 2.30. The molecule has 1 amide bonds. The van der Waals surface area contributed by atoms with E-state index in [-0.39, 0.29) is 5.91 Å². The van der Waals surface area contributed by atoms with Gasteiger partial charge >= 0.3 is 0 Å². The van der Waals surface area contributed by atoms with Crippen molar-refractivity contribution in [2.75, 3.05) is 13.1 Å². The minimum absolute atomic E-state index is 0.156. The van der Waals surface area contributed by atoms with E-state index in [0.717, 1.165) is 42.4 Å². The Morgan fingerprint density at radius 2 is 1.95 bits per heavy atom. The van der Waals surface area contributed by atoms with E-state index in [4.69, 9.17) is 0 Å². The molecule has 3 heteroatoms. The number of fused-ring (bicyclic) bond motifs is 1. The van der Waals surface area contributed by atoms with Gasteiger partial charge in [0.15, 0.2) is 0 Å². The summed E-state index contributed by atoms with van der Waals surface area (Å²) in [5.41, 5.74) is 2.12. The zero-order valence-corrected chi connectivity index (χ0v) is 11.6. The predicted octanol–water partition coefficient (Wildman–Crippen LogP) is 3.43. The van der Waals surface area contributed by atoms with Crippen LogP contribution < -0.4 is 0 Å². The molecule has 1 N–H and O–H groups in total. The Hall–Kier alpha value is -1.77. The first-order valence-corrected chi connectivity index (χ1v) is 6.92. The highest BCUT2D eigenvalue weighted by atomic mass is 16.2. The van der Waals surface area contributed by atoms with E-state index >= 15 is 0 Å². The van der Waals surface area contributed by atoms with Crippen LogP contribution in [0.3, 0.4) is 0 Å². The molecule has 1 aromatic carbocycles. The van der Waals surface area contributed by atoms with Crippen LogP contribution in [-0.2, 0) is 0 Å². The number of nitrogens with one attached hydrogen (secondary N) is 1. The molecular weight excluding hydrogens is 236 g/mol. The highest BCUT2D eigenvalue weighted by molar-refractivity contribution is 6.05. The van der Waals surface area contributed by atoms with Crippen LogP contribution >= 0.6 is 0 Å². The molecular formula is C16H20N2O. The SMILES string of the molecule is CC1(C)CCN(C(=O)c2cccc3cc[nH]c23)CC1. The lowest BCUT2D eigenvalue weighted by Gasteiger charge is -2.37. The predicted molar refractivity (Wildman–Crippen MR) is 77.2 cm³/mol. The number of piperidine rings is 1. The van der Waals surface area contributed by atoms with Gasteiger partial charge in [0, 0.05) is 24.7 Å². The van der Waals surface area contributed by atoms with Crippen molar-refractivity contribution in [1.29, 1.82) is 0 Å². The molecule has 0 spiro atoms. The van der Waals surface area contributed by atoms with Gasteiger partial charge in [-0.25, -0.2) is 0 Å². The van der Waals surface area contributed by atoms with Crippen molar-refractivity contribution in [2.45, 2.75) is 26.7 Å². The van der Waals surface area contributed by atoms with Gasteiger partial charge in [0.2, 0.25) is 0 Å². The summed E-state index contributed by atoms with van der Waals surface area (Å²) in [5, 5.41) is 1.10. The van der Waals surface area contributed by atoms with Crippen LogP contribution in [0.25, 0.3) is 10.9 Å². The van der Waals surface area contributed by atoms with Crippen LogP contribution in [0.4, 0.5) is 0 Å².